The molecule has 0 aliphatic heterocycles. The summed E-state index contributed by atoms with van der Waals surface area (Å²) in [5.41, 5.74) is 8.10. The van der Waals surface area contributed by atoms with Gasteiger partial charge in [-0.25, -0.2) is 0 Å². The maximum absolute atomic E-state index is 14.1. The van der Waals surface area contributed by atoms with Gasteiger partial charge in [0.05, 0.1) is 0 Å². The van der Waals surface area contributed by atoms with E-state index in [1.807, 2.05) is 97.1 Å². The van der Waals surface area contributed by atoms with Crippen molar-refractivity contribution in [3.8, 4) is 0 Å². The molecule has 0 spiro atoms. The fourth-order valence-electron chi connectivity index (χ4n) is 9.00. The van der Waals surface area contributed by atoms with Gasteiger partial charge in [-0.05, 0) is 140 Å². The summed E-state index contributed by atoms with van der Waals surface area (Å²) < 4.78 is 0. The van der Waals surface area contributed by atoms with E-state index in [4.69, 9.17) is 0 Å². The van der Waals surface area contributed by atoms with E-state index in [0.29, 0.717) is 70.2 Å². The minimum atomic E-state index is -0.117. The number of carbonyl (C=O) groups is 4. The third kappa shape index (κ3) is 4.03. The highest BCUT2D eigenvalue weighted by atomic mass is 16.1. The largest absolute Gasteiger partial charge is 0.289 e. The van der Waals surface area contributed by atoms with Crippen molar-refractivity contribution in [2.24, 2.45) is 0 Å². The van der Waals surface area contributed by atoms with Gasteiger partial charge in [-0.2, -0.15) is 0 Å². The highest BCUT2D eigenvalue weighted by Gasteiger charge is 2.33. The number of ketones is 4. The van der Waals surface area contributed by atoms with Crippen LogP contribution in [0.1, 0.15) is 85.9 Å². The second-order valence-corrected chi connectivity index (χ2v) is 14.5. The zero-order chi connectivity index (χ0) is 34.8. The van der Waals surface area contributed by atoms with Crippen molar-refractivity contribution in [3.05, 3.63) is 188 Å². The van der Waals surface area contributed by atoms with Crippen LogP contribution in [-0.4, -0.2) is 23.1 Å². The molecule has 4 nitrogen and oxygen atoms in total. The zero-order valence-electron chi connectivity index (χ0n) is 28.0. The molecule has 244 valence electrons. The van der Waals surface area contributed by atoms with Crippen molar-refractivity contribution >= 4 is 66.2 Å². The predicted molar refractivity (Wildman–Crippen MR) is 204 cm³/mol. The van der Waals surface area contributed by atoms with Crippen molar-refractivity contribution in [2.75, 3.05) is 0 Å². The number of fused-ring (bicyclic) bond motifs is 10. The van der Waals surface area contributed by atoms with Crippen LogP contribution in [0.3, 0.4) is 0 Å². The van der Waals surface area contributed by atoms with Crippen molar-refractivity contribution in [2.45, 2.75) is 25.7 Å². The molecule has 0 N–H and O–H groups in total. The van der Waals surface area contributed by atoms with Gasteiger partial charge in [-0.1, -0.05) is 72.8 Å². The van der Waals surface area contributed by atoms with E-state index in [1.165, 1.54) is 0 Å². The fourth-order valence-corrected chi connectivity index (χ4v) is 9.00. The third-order valence-electron chi connectivity index (χ3n) is 11.7. The van der Waals surface area contributed by atoms with Gasteiger partial charge in [-0.3, -0.25) is 19.2 Å². The molecule has 4 heteroatoms. The van der Waals surface area contributed by atoms with Crippen molar-refractivity contribution < 1.29 is 19.2 Å². The molecule has 12 rings (SSSR count). The molecular weight excluding hydrogens is 641 g/mol. The lowest BCUT2D eigenvalue weighted by molar-refractivity contribution is 0.0979. The highest BCUT2D eigenvalue weighted by Crippen LogP contribution is 2.39. The Kier molecular flexibility index (Phi) is 5.90. The third-order valence-corrected chi connectivity index (χ3v) is 11.7. The molecule has 8 aromatic rings. The Hall–Kier alpha value is -6.52. The molecule has 0 saturated heterocycles. The van der Waals surface area contributed by atoms with Crippen molar-refractivity contribution in [1.82, 2.24) is 0 Å². The molecule has 0 aromatic heterocycles. The monoisotopic (exact) mass is 668 g/mol. The molecule has 0 amide bonds. The first kappa shape index (κ1) is 29.2. The van der Waals surface area contributed by atoms with Crippen LogP contribution in [0.5, 0.6) is 0 Å². The van der Waals surface area contributed by atoms with E-state index in [-0.39, 0.29) is 23.1 Å². The second kappa shape index (κ2) is 10.5. The molecule has 4 bridgehead atoms. The van der Waals surface area contributed by atoms with E-state index in [2.05, 4.69) is 24.3 Å². The average molecular weight is 669 g/mol. The Morgan fingerprint density at radius 2 is 0.481 bits per heavy atom. The summed E-state index contributed by atoms with van der Waals surface area (Å²) in [6, 6.07) is 39.6. The van der Waals surface area contributed by atoms with Gasteiger partial charge in [0.15, 0.2) is 23.1 Å². The summed E-state index contributed by atoms with van der Waals surface area (Å²) in [7, 11) is 0. The normalized spacial score (nSPS) is 14.8. The summed E-state index contributed by atoms with van der Waals surface area (Å²) in [5.74, 6) is -0.466. The number of benzene rings is 8. The molecule has 0 unspecified atom stereocenters. The Morgan fingerprint density at radius 1 is 0.269 bits per heavy atom. The maximum Gasteiger partial charge on any atom is 0.194 e. The van der Waals surface area contributed by atoms with Crippen LogP contribution < -0.4 is 0 Å². The van der Waals surface area contributed by atoms with Gasteiger partial charge in [-0.15, -0.1) is 0 Å². The van der Waals surface area contributed by atoms with Gasteiger partial charge in [0.2, 0.25) is 0 Å². The first-order valence-electron chi connectivity index (χ1n) is 17.8. The fraction of sp³-hybridized carbons (Fsp3) is 0.0833. The van der Waals surface area contributed by atoms with Crippen LogP contribution in [0.2, 0.25) is 0 Å². The van der Waals surface area contributed by atoms with Crippen molar-refractivity contribution in [1.29, 1.82) is 0 Å². The number of aryl methyl sites for hydroxylation is 4. The van der Waals surface area contributed by atoms with Crippen LogP contribution in [0.15, 0.2) is 121 Å². The summed E-state index contributed by atoms with van der Waals surface area (Å²) in [6.45, 7) is 0. The molecule has 52 heavy (non-hydrogen) atoms. The number of hydrogen-bond donors (Lipinski definition) is 0. The first-order valence-corrected chi connectivity index (χ1v) is 17.8. The van der Waals surface area contributed by atoms with Crippen LogP contribution in [-0.2, 0) is 25.7 Å². The van der Waals surface area contributed by atoms with E-state index in [9.17, 15) is 19.2 Å². The maximum atomic E-state index is 14.1. The zero-order valence-corrected chi connectivity index (χ0v) is 28.0. The number of hydrogen-bond acceptors (Lipinski definition) is 4. The Bertz CT molecular complexity index is 2630. The summed E-state index contributed by atoms with van der Waals surface area (Å²) >= 11 is 0. The minimum Gasteiger partial charge on any atom is -0.289 e. The first-order chi connectivity index (χ1) is 25.4. The van der Waals surface area contributed by atoms with Gasteiger partial charge in [0.25, 0.3) is 0 Å². The van der Waals surface area contributed by atoms with Gasteiger partial charge < -0.3 is 0 Å². The Morgan fingerprint density at radius 3 is 0.712 bits per heavy atom. The second-order valence-electron chi connectivity index (χ2n) is 14.5. The van der Waals surface area contributed by atoms with Crippen LogP contribution in [0.4, 0.5) is 0 Å². The number of rotatable bonds is 0. The molecule has 0 fully saturated rings. The molecule has 0 atom stereocenters. The predicted octanol–water partition coefficient (Wildman–Crippen LogP) is 9.73. The Balaban J connectivity index is 1.05. The Labute approximate surface area is 298 Å². The molecule has 4 aliphatic rings. The molecule has 4 aliphatic carbocycles. The van der Waals surface area contributed by atoms with Crippen LogP contribution in [0.25, 0.3) is 43.1 Å². The van der Waals surface area contributed by atoms with E-state index in [0.717, 1.165) is 65.3 Å². The van der Waals surface area contributed by atoms with Crippen LogP contribution >= 0.6 is 0 Å². The number of carbonyl (C=O) groups excluding carboxylic acids is 4. The molecular formula is C48H28O4. The summed E-state index contributed by atoms with van der Waals surface area (Å²) in [6.07, 6.45) is 2.80. The SMILES string of the molecule is O=C1c2cc3ccccc3cc2C(=O)c2cc3c4ccc(c3cc21)CCc1ccc(c2cc3c(cc12)C(=O)c1cc2ccccc2cc1C3=O)CC4. The lowest BCUT2D eigenvalue weighted by Gasteiger charge is -2.23. The van der Waals surface area contributed by atoms with Gasteiger partial charge >= 0.3 is 0 Å². The summed E-state index contributed by atoms with van der Waals surface area (Å²) in [5, 5.41) is 7.76. The standard InChI is InChI=1S/C48H28O4/c49-45-37-17-29-5-1-2-6-30(29)18-38(37)46(50)42-22-34-26-10-9-25(33(34)21-41(42)45)13-14-27-11-12-28(16-15-26)36-24-44-43(23-35(27)36)47(51)39-19-31-7-3-4-8-32(31)20-40(39)48(44)52/h1-12,17-24H,13-16H2. The van der Waals surface area contributed by atoms with Gasteiger partial charge in [0, 0.05) is 44.5 Å². The topological polar surface area (TPSA) is 68.3 Å². The lowest BCUT2D eigenvalue weighted by Crippen LogP contribution is -2.21. The van der Waals surface area contributed by atoms with E-state index < -0.39 is 0 Å². The highest BCUT2D eigenvalue weighted by molar-refractivity contribution is 6.32. The molecule has 8 aromatic carbocycles. The van der Waals surface area contributed by atoms with E-state index in [1.54, 1.807) is 0 Å². The van der Waals surface area contributed by atoms with Crippen LogP contribution in [0, 0.1) is 0 Å². The quantitative estimate of drug-likeness (QED) is 0.161. The van der Waals surface area contributed by atoms with Gasteiger partial charge in [0.1, 0.15) is 0 Å². The molecule has 0 radical (unpaired) electrons. The van der Waals surface area contributed by atoms with E-state index >= 15 is 0 Å². The average Bonchev–Trinajstić information content (AvgIpc) is 3.17. The van der Waals surface area contributed by atoms with Crippen molar-refractivity contribution in [3.63, 3.8) is 0 Å². The minimum absolute atomic E-state index is 0.117. The summed E-state index contributed by atoms with van der Waals surface area (Å²) in [4.78, 5) is 56.2. The lowest BCUT2D eigenvalue weighted by atomic mass is 9.79. The molecule has 0 heterocycles. The smallest absolute Gasteiger partial charge is 0.194 e. The molecule has 0 saturated carbocycles.